The van der Waals surface area contributed by atoms with Gasteiger partial charge >= 0.3 is 6.03 Å². The van der Waals surface area contributed by atoms with Crippen molar-refractivity contribution < 1.29 is 22.7 Å². The van der Waals surface area contributed by atoms with Gasteiger partial charge in [-0.25, -0.2) is 22.9 Å². The van der Waals surface area contributed by atoms with Crippen molar-refractivity contribution in [1.29, 1.82) is 0 Å². The van der Waals surface area contributed by atoms with Crippen molar-refractivity contribution >= 4 is 33.3 Å². The highest BCUT2D eigenvalue weighted by Gasteiger charge is 2.23. The molecule has 0 radical (unpaired) electrons. The lowest BCUT2D eigenvalue weighted by atomic mass is 10.1. The molecule has 1 atom stereocenters. The number of nitrogens with zero attached hydrogens (tertiary/aromatic N) is 1. The molecule has 9 nitrogen and oxygen atoms in total. The summed E-state index contributed by atoms with van der Waals surface area (Å²) in [5, 5.41) is 7.62. The summed E-state index contributed by atoms with van der Waals surface area (Å²) in [6.07, 6.45) is 2.31. The molecule has 0 aliphatic rings. The van der Waals surface area contributed by atoms with Crippen molar-refractivity contribution in [2.75, 3.05) is 13.7 Å². The third-order valence-corrected chi connectivity index (χ3v) is 6.09. The second-order valence-corrected chi connectivity index (χ2v) is 8.73. The molecule has 3 N–H and O–H groups in total. The van der Waals surface area contributed by atoms with Crippen LogP contribution in [0.25, 0.3) is 0 Å². The van der Waals surface area contributed by atoms with Crippen molar-refractivity contribution in [3.63, 3.8) is 0 Å². The molecule has 0 spiro atoms. The van der Waals surface area contributed by atoms with Crippen LogP contribution in [-0.2, 0) is 21.2 Å². The lowest BCUT2D eigenvalue weighted by Gasteiger charge is -2.15. The summed E-state index contributed by atoms with van der Waals surface area (Å²) in [6.45, 7) is 4.02. The number of nitrogens with one attached hydrogen (secondary N) is 3. The van der Waals surface area contributed by atoms with E-state index in [-0.39, 0.29) is 29.0 Å². The van der Waals surface area contributed by atoms with Crippen LogP contribution in [0.5, 0.6) is 5.75 Å². The maximum absolute atomic E-state index is 12.6. The molecule has 2 aromatic rings. The zero-order valence-corrected chi connectivity index (χ0v) is 18.0. The molecule has 0 aliphatic carbocycles. The monoisotopic (exact) mass is 440 g/mol. The van der Waals surface area contributed by atoms with E-state index in [0.717, 1.165) is 5.01 Å². The van der Waals surface area contributed by atoms with Gasteiger partial charge in [0.15, 0.2) is 0 Å². The van der Waals surface area contributed by atoms with E-state index in [9.17, 15) is 18.0 Å². The Bertz CT molecular complexity index is 945. The van der Waals surface area contributed by atoms with Gasteiger partial charge in [-0.1, -0.05) is 13.0 Å². The Morgan fingerprint density at radius 3 is 2.69 bits per heavy atom. The quantitative estimate of drug-likeness (QED) is 0.547. The number of amides is 3. The summed E-state index contributed by atoms with van der Waals surface area (Å²) in [7, 11) is -2.87. The number of benzene rings is 1. The van der Waals surface area contributed by atoms with Gasteiger partial charge < -0.3 is 15.4 Å². The maximum Gasteiger partial charge on any atom is 0.328 e. The fourth-order valence-corrected chi connectivity index (χ4v) is 4.22. The van der Waals surface area contributed by atoms with Crippen molar-refractivity contribution in [2.24, 2.45) is 0 Å². The molecule has 3 amide bonds. The second-order valence-electron chi connectivity index (χ2n) is 6.15. The third kappa shape index (κ3) is 6.43. The predicted molar refractivity (Wildman–Crippen MR) is 109 cm³/mol. The molecule has 1 unspecified atom stereocenters. The normalized spacial score (nSPS) is 12.1. The molecule has 1 heterocycles. The van der Waals surface area contributed by atoms with Crippen LogP contribution in [0.2, 0.25) is 0 Å². The maximum atomic E-state index is 12.6. The molecule has 0 saturated heterocycles. The number of urea groups is 1. The Labute approximate surface area is 173 Å². The summed E-state index contributed by atoms with van der Waals surface area (Å²) in [4.78, 5) is 27.8. The molecule has 0 saturated carbocycles. The number of hydrogen-bond acceptors (Lipinski definition) is 7. The van der Waals surface area contributed by atoms with Crippen LogP contribution in [0.15, 0.2) is 34.7 Å². The average Bonchev–Trinajstić information content (AvgIpc) is 3.21. The van der Waals surface area contributed by atoms with E-state index in [1.165, 1.54) is 30.5 Å². The fourth-order valence-electron chi connectivity index (χ4n) is 2.42. The topological polar surface area (TPSA) is 126 Å². The van der Waals surface area contributed by atoms with E-state index < -0.39 is 16.1 Å². The van der Waals surface area contributed by atoms with Crippen molar-refractivity contribution in [1.82, 2.24) is 20.3 Å². The van der Waals surface area contributed by atoms with Crippen LogP contribution >= 0.6 is 11.3 Å². The van der Waals surface area contributed by atoms with E-state index in [2.05, 4.69) is 15.6 Å². The Morgan fingerprint density at radius 2 is 2.07 bits per heavy atom. The molecule has 158 valence electrons. The van der Waals surface area contributed by atoms with Gasteiger partial charge in [-0.2, -0.15) is 0 Å². The number of hydrogen-bond donors (Lipinski definition) is 3. The second kappa shape index (κ2) is 10.2. The number of aromatic nitrogens is 1. The number of carbonyl (C=O) groups excluding carboxylic acids is 2. The van der Waals surface area contributed by atoms with E-state index in [1.54, 1.807) is 12.3 Å². The highest BCUT2D eigenvalue weighted by Crippen LogP contribution is 2.26. The summed E-state index contributed by atoms with van der Waals surface area (Å²) < 4.78 is 32.6. The Morgan fingerprint density at radius 1 is 1.31 bits per heavy atom. The molecule has 11 heteroatoms. The predicted octanol–water partition coefficient (Wildman–Crippen LogP) is 1.97. The van der Waals surface area contributed by atoms with Gasteiger partial charge in [0.05, 0.1) is 19.1 Å². The molecule has 2 rings (SSSR count). The minimum atomic E-state index is -4.18. The van der Waals surface area contributed by atoms with Gasteiger partial charge in [0.25, 0.3) is 10.0 Å². The van der Waals surface area contributed by atoms with Gasteiger partial charge in [-0.15, -0.1) is 11.3 Å². The average molecular weight is 441 g/mol. The number of carbonyl (C=O) groups is 2. The number of rotatable bonds is 9. The first-order valence-electron chi connectivity index (χ1n) is 8.95. The number of ether oxygens (including phenoxy) is 1. The number of sulfonamides is 1. The summed E-state index contributed by atoms with van der Waals surface area (Å²) in [5.74, 6) is -0.166. The standard InChI is InChI=1S/C18H24N4O5S2/c1-4-8-27-14-6-5-13(10-15(14)29(25,26)22-18(24)19-3)11-16(23)21-12(2)17-20-7-9-28-17/h5-7,9-10,12H,4,8,11H2,1-3H3,(H,21,23)(H2,19,22,24). The van der Waals surface area contributed by atoms with Gasteiger partial charge in [-0.05, 0) is 31.0 Å². The van der Waals surface area contributed by atoms with Crippen molar-refractivity contribution in [3.8, 4) is 5.75 Å². The number of thiazole rings is 1. The van der Waals surface area contributed by atoms with E-state index in [4.69, 9.17) is 4.74 Å². The van der Waals surface area contributed by atoms with Crippen LogP contribution < -0.4 is 20.1 Å². The Hall–Kier alpha value is -2.66. The van der Waals surface area contributed by atoms with Crippen LogP contribution in [-0.4, -0.2) is 39.0 Å². The first-order chi connectivity index (χ1) is 13.8. The molecular formula is C18H24N4O5S2. The lowest BCUT2D eigenvalue weighted by molar-refractivity contribution is -0.121. The van der Waals surface area contributed by atoms with Crippen LogP contribution in [0.3, 0.4) is 0 Å². The smallest absolute Gasteiger partial charge is 0.328 e. The molecule has 0 bridgehead atoms. The molecule has 1 aromatic heterocycles. The summed E-state index contributed by atoms with van der Waals surface area (Å²) >= 11 is 1.43. The van der Waals surface area contributed by atoms with E-state index in [1.807, 2.05) is 23.9 Å². The van der Waals surface area contributed by atoms with E-state index in [0.29, 0.717) is 18.6 Å². The van der Waals surface area contributed by atoms with Crippen LogP contribution in [0, 0.1) is 0 Å². The molecule has 1 aromatic carbocycles. The van der Waals surface area contributed by atoms with Gasteiger partial charge in [0, 0.05) is 18.6 Å². The first-order valence-corrected chi connectivity index (χ1v) is 11.3. The van der Waals surface area contributed by atoms with Gasteiger partial charge in [0.2, 0.25) is 5.91 Å². The minimum Gasteiger partial charge on any atom is -0.492 e. The first kappa shape index (κ1) is 22.6. The van der Waals surface area contributed by atoms with Crippen LogP contribution in [0.1, 0.15) is 36.9 Å². The SMILES string of the molecule is CCCOc1ccc(CC(=O)NC(C)c2nccs2)cc1S(=O)(=O)NC(=O)NC. The van der Waals surface area contributed by atoms with Crippen molar-refractivity contribution in [3.05, 3.63) is 40.3 Å². The van der Waals surface area contributed by atoms with Crippen LogP contribution in [0.4, 0.5) is 4.79 Å². The lowest BCUT2D eigenvalue weighted by Crippen LogP contribution is -2.37. The molecular weight excluding hydrogens is 416 g/mol. The van der Waals surface area contributed by atoms with Gasteiger partial charge in [-0.3, -0.25) is 4.79 Å². The highest BCUT2D eigenvalue weighted by molar-refractivity contribution is 7.90. The Kier molecular flexibility index (Phi) is 7.97. The largest absolute Gasteiger partial charge is 0.492 e. The zero-order valence-electron chi connectivity index (χ0n) is 16.4. The fraction of sp³-hybridized carbons (Fsp3) is 0.389. The van der Waals surface area contributed by atoms with Crippen molar-refractivity contribution in [2.45, 2.75) is 37.6 Å². The van der Waals surface area contributed by atoms with E-state index >= 15 is 0 Å². The van der Waals surface area contributed by atoms with Gasteiger partial charge in [0.1, 0.15) is 15.7 Å². The molecule has 0 aliphatic heterocycles. The highest BCUT2D eigenvalue weighted by atomic mass is 32.2. The molecule has 29 heavy (non-hydrogen) atoms. The third-order valence-electron chi connectivity index (χ3n) is 3.78. The summed E-state index contributed by atoms with van der Waals surface area (Å²) in [5.41, 5.74) is 0.468. The minimum absolute atomic E-state index is 0.0354. The summed E-state index contributed by atoms with van der Waals surface area (Å²) in [6, 6.07) is 3.32. The molecule has 0 fully saturated rings. The Balaban J connectivity index is 2.22. The zero-order chi connectivity index (χ0) is 21.4.